The zero-order valence-corrected chi connectivity index (χ0v) is 19.1. The Bertz CT molecular complexity index is 788. The van der Waals surface area contributed by atoms with Crippen LogP contribution in [0.4, 0.5) is 0 Å². The maximum Gasteiger partial charge on any atom is 0.303 e. The summed E-state index contributed by atoms with van der Waals surface area (Å²) >= 11 is 0. The Morgan fingerprint density at radius 2 is 1.97 bits per heavy atom. The molecule has 0 amide bonds. The summed E-state index contributed by atoms with van der Waals surface area (Å²) in [5.41, 5.74) is 0.633. The maximum atomic E-state index is 12.2. The summed E-state index contributed by atoms with van der Waals surface area (Å²) in [5, 5.41) is 10.6. The van der Waals surface area contributed by atoms with E-state index in [9.17, 15) is 14.7 Å². The van der Waals surface area contributed by atoms with Gasteiger partial charge in [0.1, 0.15) is 0 Å². The SMILES string of the molecule is COc1ccc([C@@H]2CN(CC(=O)COC(C)=O)C[C@@]2(C)C(C)O)cc1OC1CCCC1. The van der Waals surface area contributed by atoms with E-state index in [-0.39, 0.29) is 31.0 Å². The van der Waals surface area contributed by atoms with Crippen LogP contribution in [0.15, 0.2) is 18.2 Å². The zero-order chi connectivity index (χ0) is 22.6. The van der Waals surface area contributed by atoms with E-state index in [0.29, 0.717) is 18.8 Å². The van der Waals surface area contributed by atoms with Crippen LogP contribution < -0.4 is 9.47 Å². The predicted octanol–water partition coefficient (Wildman–Crippen LogP) is 2.94. The quantitative estimate of drug-likeness (QED) is 0.599. The number of rotatable bonds is 9. The van der Waals surface area contributed by atoms with Crippen LogP contribution >= 0.6 is 0 Å². The highest BCUT2D eigenvalue weighted by Gasteiger charge is 2.47. The van der Waals surface area contributed by atoms with Crippen molar-refractivity contribution in [2.24, 2.45) is 5.41 Å². The number of methoxy groups -OCH3 is 1. The van der Waals surface area contributed by atoms with Gasteiger partial charge in [0.25, 0.3) is 0 Å². The molecule has 0 bridgehead atoms. The Balaban J connectivity index is 1.79. The molecular formula is C24H35NO6. The molecule has 2 aliphatic rings. The number of likely N-dealkylation sites (tertiary alicyclic amines) is 1. The Labute approximate surface area is 184 Å². The first-order valence-corrected chi connectivity index (χ1v) is 11.1. The highest BCUT2D eigenvalue weighted by Crippen LogP contribution is 2.47. The van der Waals surface area contributed by atoms with Crippen molar-refractivity contribution in [1.29, 1.82) is 0 Å². The van der Waals surface area contributed by atoms with Crippen molar-refractivity contribution in [3.8, 4) is 11.5 Å². The summed E-state index contributed by atoms with van der Waals surface area (Å²) in [6.45, 7) is 6.32. The molecule has 7 heteroatoms. The van der Waals surface area contributed by atoms with Crippen LogP contribution in [0.3, 0.4) is 0 Å². The molecular weight excluding hydrogens is 398 g/mol. The van der Waals surface area contributed by atoms with Gasteiger partial charge in [0.2, 0.25) is 0 Å². The molecule has 1 heterocycles. The maximum absolute atomic E-state index is 12.2. The van der Waals surface area contributed by atoms with Crippen molar-refractivity contribution in [3.63, 3.8) is 0 Å². The number of ether oxygens (including phenoxy) is 3. The minimum atomic E-state index is -0.563. The van der Waals surface area contributed by atoms with E-state index in [1.807, 2.05) is 23.1 Å². The Morgan fingerprint density at radius 3 is 2.58 bits per heavy atom. The van der Waals surface area contributed by atoms with Gasteiger partial charge in [-0.15, -0.1) is 0 Å². The van der Waals surface area contributed by atoms with Gasteiger partial charge in [-0.1, -0.05) is 13.0 Å². The van der Waals surface area contributed by atoms with Gasteiger partial charge in [0.15, 0.2) is 23.9 Å². The van der Waals surface area contributed by atoms with Crippen LogP contribution in [0, 0.1) is 5.41 Å². The topological polar surface area (TPSA) is 85.3 Å². The van der Waals surface area contributed by atoms with Gasteiger partial charge >= 0.3 is 5.97 Å². The number of aliphatic hydroxyl groups is 1. The van der Waals surface area contributed by atoms with E-state index >= 15 is 0 Å². The van der Waals surface area contributed by atoms with E-state index in [1.165, 1.54) is 19.8 Å². The van der Waals surface area contributed by atoms with Crippen molar-refractivity contribution in [2.75, 3.05) is 33.4 Å². The third-order valence-electron chi connectivity index (χ3n) is 6.78. The highest BCUT2D eigenvalue weighted by molar-refractivity contribution is 5.83. The van der Waals surface area contributed by atoms with Gasteiger partial charge in [0.05, 0.1) is 25.9 Å². The van der Waals surface area contributed by atoms with Crippen molar-refractivity contribution >= 4 is 11.8 Å². The normalized spacial score (nSPS) is 25.4. The molecule has 172 valence electrons. The number of esters is 1. The molecule has 1 saturated heterocycles. The lowest BCUT2D eigenvalue weighted by Crippen LogP contribution is -2.38. The number of Topliss-reactive ketones (excluding diaryl/α,β-unsaturated/α-hetero) is 1. The number of ketones is 1. The lowest BCUT2D eigenvalue weighted by molar-refractivity contribution is -0.146. The Kier molecular flexibility index (Phi) is 7.59. The summed E-state index contributed by atoms with van der Waals surface area (Å²) in [7, 11) is 1.64. The first kappa shape index (κ1) is 23.5. The predicted molar refractivity (Wildman–Crippen MR) is 116 cm³/mol. The molecule has 0 aromatic heterocycles. The second-order valence-electron chi connectivity index (χ2n) is 9.16. The van der Waals surface area contributed by atoms with Gasteiger partial charge in [-0.05, 0) is 50.3 Å². The molecule has 0 radical (unpaired) electrons. The second-order valence-corrected chi connectivity index (χ2v) is 9.16. The van der Waals surface area contributed by atoms with Gasteiger partial charge in [-0.2, -0.15) is 0 Å². The minimum absolute atomic E-state index is 0.0193. The summed E-state index contributed by atoms with van der Waals surface area (Å²) in [6, 6.07) is 5.99. The molecule has 0 spiro atoms. The zero-order valence-electron chi connectivity index (χ0n) is 19.1. The van der Waals surface area contributed by atoms with E-state index in [4.69, 9.17) is 14.2 Å². The average Bonchev–Trinajstić information content (AvgIpc) is 3.34. The fourth-order valence-corrected chi connectivity index (χ4v) is 4.82. The largest absolute Gasteiger partial charge is 0.493 e. The number of hydrogen-bond donors (Lipinski definition) is 1. The summed E-state index contributed by atoms with van der Waals surface area (Å²) < 4.78 is 16.6. The molecule has 1 unspecified atom stereocenters. The molecule has 1 aliphatic heterocycles. The fourth-order valence-electron chi connectivity index (χ4n) is 4.82. The van der Waals surface area contributed by atoms with Gasteiger partial charge in [0, 0.05) is 31.3 Å². The number of benzene rings is 1. The van der Waals surface area contributed by atoms with Crippen LogP contribution in [0.1, 0.15) is 57.9 Å². The van der Waals surface area contributed by atoms with E-state index in [2.05, 4.69) is 6.92 Å². The molecule has 3 rings (SSSR count). The smallest absolute Gasteiger partial charge is 0.303 e. The van der Waals surface area contributed by atoms with Crippen molar-refractivity contribution in [1.82, 2.24) is 4.90 Å². The molecule has 1 aliphatic carbocycles. The van der Waals surface area contributed by atoms with E-state index in [1.54, 1.807) is 14.0 Å². The third kappa shape index (κ3) is 5.57. The van der Waals surface area contributed by atoms with Gasteiger partial charge in [-0.3, -0.25) is 14.5 Å². The molecule has 1 N–H and O–H groups in total. The summed E-state index contributed by atoms with van der Waals surface area (Å²) in [5.74, 6) is 0.856. The first-order chi connectivity index (χ1) is 14.7. The van der Waals surface area contributed by atoms with Crippen molar-refractivity contribution in [2.45, 2.75) is 64.6 Å². The fraction of sp³-hybridized carbons (Fsp3) is 0.667. The standard InChI is InChI=1S/C24H35NO6/c1-16(26)24(3)15-25(12-19(28)14-30-17(2)27)13-21(24)18-9-10-22(29-4)23(11-18)31-20-7-5-6-8-20/h9-11,16,20-21,26H,5-8,12-15H2,1-4H3/t16?,21-,24-/m0/s1. The molecule has 7 nitrogen and oxygen atoms in total. The monoisotopic (exact) mass is 433 g/mol. The number of carbonyl (C=O) groups is 2. The second kappa shape index (κ2) is 10.0. The van der Waals surface area contributed by atoms with Crippen LogP contribution in [-0.4, -0.2) is 67.3 Å². The van der Waals surface area contributed by atoms with Gasteiger partial charge in [-0.25, -0.2) is 0 Å². The molecule has 31 heavy (non-hydrogen) atoms. The number of nitrogens with zero attached hydrogens (tertiary/aromatic N) is 1. The van der Waals surface area contributed by atoms with Crippen LogP contribution in [0.25, 0.3) is 0 Å². The van der Waals surface area contributed by atoms with Crippen LogP contribution in [0.5, 0.6) is 11.5 Å². The van der Waals surface area contributed by atoms with Gasteiger partial charge < -0.3 is 19.3 Å². The lowest BCUT2D eigenvalue weighted by Gasteiger charge is -2.34. The summed E-state index contributed by atoms with van der Waals surface area (Å²) in [6.07, 6.45) is 4.14. The molecule has 3 atom stereocenters. The molecule has 1 saturated carbocycles. The Morgan fingerprint density at radius 1 is 1.26 bits per heavy atom. The summed E-state index contributed by atoms with van der Waals surface area (Å²) in [4.78, 5) is 25.3. The Hall–Kier alpha value is -2.12. The number of aliphatic hydroxyl groups excluding tert-OH is 1. The highest BCUT2D eigenvalue weighted by atomic mass is 16.5. The minimum Gasteiger partial charge on any atom is -0.493 e. The van der Waals surface area contributed by atoms with E-state index < -0.39 is 17.5 Å². The first-order valence-electron chi connectivity index (χ1n) is 11.1. The van der Waals surface area contributed by atoms with Crippen LogP contribution in [0.2, 0.25) is 0 Å². The van der Waals surface area contributed by atoms with E-state index in [0.717, 1.165) is 24.2 Å². The third-order valence-corrected chi connectivity index (χ3v) is 6.78. The van der Waals surface area contributed by atoms with Crippen molar-refractivity contribution in [3.05, 3.63) is 23.8 Å². The molecule has 1 aromatic carbocycles. The average molecular weight is 434 g/mol. The lowest BCUT2D eigenvalue weighted by atomic mass is 9.72. The number of hydrogen-bond acceptors (Lipinski definition) is 7. The molecule has 1 aromatic rings. The van der Waals surface area contributed by atoms with Crippen molar-refractivity contribution < 1.29 is 28.9 Å². The number of carbonyl (C=O) groups excluding carboxylic acids is 2. The molecule has 2 fully saturated rings. The van der Waals surface area contributed by atoms with Crippen LogP contribution in [-0.2, 0) is 14.3 Å².